The molecule has 5 nitrogen and oxygen atoms in total. The molecule has 0 atom stereocenters. The summed E-state index contributed by atoms with van der Waals surface area (Å²) in [7, 11) is -3.73. The average molecular weight is 393 g/mol. The van der Waals surface area contributed by atoms with Crippen LogP contribution in [0.4, 0.5) is 5.69 Å². The Morgan fingerprint density at radius 3 is 2.38 bits per heavy atom. The molecule has 0 heterocycles. The molecule has 0 unspecified atom stereocenters. The number of amides is 1. The molecule has 1 fully saturated rings. The van der Waals surface area contributed by atoms with Gasteiger partial charge < -0.3 is 5.32 Å². The van der Waals surface area contributed by atoms with Crippen LogP contribution in [0, 0.1) is 6.92 Å². The van der Waals surface area contributed by atoms with Crippen LogP contribution in [0.15, 0.2) is 47.4 Å². The van der Waals surface area contributed by atoms with Crippen LogP contribution in [0.1, 0.15) is 41.6 Å². The van der Waals surface area contributed by atoms with Crippen LogP contribution in [0.3, 0.4) is 0 Å². The number of hydrogen-bond acceptors (Lipinski definition) is 3. The normalized spacial score (nSPS) is 15.0. The van der Waals surface area contributed by atoms with Crippen molar-refractivity contribution in [2.75, 3.05) is 4.72 Å². The second-order valence-corrected chi connectivity index (χ2v) is 8.66. The van der Waals surface area contributed by atoms with Crippen LogP contribution in [0.5, 0.6) is 0 Å². The lowest BCUT2D eigenvalue weighted by molar-refractivity contribution is 0.0938. The van der Waals surface area contributed by atoms with E-state index in [9.17, 15) is 13.2 Å². The number of sulfonamides is 1. The molecule has 138 valence electrons. The minimum atomic E-state index is -3.73. The third-order valence-corrected chi connectivity index (χ3v) is 6.21. The van der Waals surface area contributed by atoms with E-state index in [0.717, 1.165) is 31.2 Å². The number of carbonyl (C=O) groups is 1. The Kier molecular flexibility index (Phi) is 5.53. The molecule has 0 aromatic heterocycles. The molecule has 0 radical (unpaired) electrons. The van der Waals surface area contributed by atoms with Gasteiger partial charge in [0, 0.05) is 11.7 Å². The zero-order valence-corrected chi connectivity index (χ0v) is 16.0. The minimum absolute atomic E-state index is 0.159. The van der Waals surface area contributed by atoms with Gasteiger partial charge in [0.05, 0.1) is 15.5 Å². The summed E-state index contributed by atoms with van der Waals surface area (Å²) < 4.78 is 27.5. The van der Waals surface area contributed by atoms with Gasteiger partial charge in [0.25, 0.3) is 15.9 Å². The summed E-state index contributed by atoms with van der Waals surface area (Å²) in [6, 6.07) is 11.2. The van der Waals surface area contributed by atoms with Gasteiger partial charge in [0.15, 0.2) is 0 Å². The highest BCUT2D eigenvalue weighted by Gasteiger charge is 2.21. The first-order valence-corrected chi connectivity index (χ1v) is 10.4. The first-order chi connectivity index (χ1) is 12.3. The Morgan fingerprint density at radius 2 is 1.73 bits per heavy atom. The number of benzene rings is 2. The van der Waals surface area contributed by atoms with E-state index in [-0.39, 0.29) is 22.4 Å². The van der Waals surface area contributed by atoms with Crippen molar-refractivity contribution < 1.29 is 13.2 Å². The highest BCUT2D eigenvalue weighted by atomic mass is 35.5. The van der Waals surface area contributed by atoms with Gasteiger partial charge in [-0.05, 0) is 50.1 Å². The number of halogens is 1. The number of hydrogen-bond donors (Lipinski definition) is 2. The van der Waals surface area contributed by atoms with Gasteiger partial charge in [-0.1, -0.05) is 42.1 Å². The second-order valence-electron chi connectivity index (χ2n) is 6.57. The van der Waals surface area contributed by atoms with E-state index < -0.39 is 10.0 Å². The summed E-state index contributed by atoms with van der Waals surface area (Å²) in [5.74, 6) is -0.279. The fraction of sp³-hybridized carbons (Fsp3) is 0.316. The Bertz CT molecular complexity index is 905. The number of anilines is 1. The largest absolute Gasteiger partial charge is 0.349 e. The maximum Gasteiger partial charge on any atom is 0.261 e. The molecule has 0 saturated heterocycles. The van der Waals surface area contributed by atoms with Crippen LogP contribution in [-0.4, -0.2) is 20.4 Å². The Hall–Kier alpha value is -2.05. The summed E-state index contributed by atoms with van der Waals surface area (Å²) in [6.45, 7) is 1.89. The molecule has 0 bridgehead atoms. The van der Waals surface area contributed by atoms with Crippen molar-refractivity contribution in [2.24, 2.45) is 0 Å². The van der Waals surface area contributed by atoms with E-state index in [2.05, 4.69) is 10.0 Å². The molecule has 3 rings (SSSR count). The summed E-state index contributed by atoms with van der Waals surface area (Å²) in [4.78, 5) is 12.6. The fourth-order valence-corrected chi connectivity index (χ4v) is 4.28. The first-order valence-electron chi connectivity index (χ1n) is 8.55. The van der Waals surface area contributed by atoms with Gasteiger partial charge in [-0.3, -0.25) is 9.52 Å². The molecule has 2 N–H and O–H groups in total. The lowest BCUT2D eigenvalue weighted by atomic mass is 10.1. The lowest BCUT2D eigenvalue weighted by Crippen LogP contribution is -2.32. The summed E-state index contributed by atoms with van der Waals surface area (Å²) in [5, 5.41) is 3.25. The second kappa shape index (κ2) is 7.68. The van der Waals surface area contributed by atoms with Crippen molar-refractivity contribution in [1.29, 1.82) is 0 Å². The van der Waals surface area contributed by atoms with E-state index in [4.69, 9.17) is 11.6 Å². The maximum atomic E-state index is 12.5. The number of nitrogens with one attached hydrogen (secondary N) is 2. The molecular weight excluding hydrogens is 372 g/mol. The molecule has 2 aromatic carbocycles. The van der Waals surface area contributed by atoms with Crippen LogP contribution in [0.25, 0.3) is 0 Å². The quantitative estimate of drug-likeness (QED) is 0.803. The zero-order valence-electron chi connectivity index (χ0n) is 14.5. The standard InChI is InChI=1S/C19H21ClN2O3S/c1-13-6-9-16(10-7-13)26(24,25)22-15-8-11-18(20)17(12-15)19(23)21-14-4-2-3-5-14/h6-12,14,22H,2-5H2,1H3,(H,21,23). The van der Waals surface area contributed by atoms with Crippen molar-refractivity contribution in [3.05, 3.63) is 58.6 Å². The first kappa shape index (κ1) is 18.7. The maximum absolute atomic E-state index is 12.5. The highest BCUT2D eigenvalue weighted by molar-refractivity contribution is 7.92. The van der Waals surface area contributed by atoms with Crippen LogP contribution in [-0.2, 0) is 10.0 Å². The molecule has 0 spiro atoms. The van der Waals surface area contributed by atoms with E-state index in [1.54, 1.807) is 30.3 Å². The SMILES string of the molecule is Cc1ccc(S(=O)(=O)Nc2ccc(Cl)c(C(=O)NC3CCCC3)c2)cc1. The molecule has 1 amide bonds. The van der Waals surface area contributed by atoms with Crippen molar-refractivity contribution >= 4 is 33.2 Å². The van der Waals surface area contributed by atoms with Crippen LogP contribution in [0.2, 0.25) is 5.02 Å². The smallest absolute Gasteiger partial charge is 0.261 e. The van der Waals surface area contributed by atoms with Crippen LogP contribution < -0.4 is 10.0 Å². The number of rotatable bonds is 5. The Labute approximate surface area is 158 Å². The predicted molar refractivity (Wildman–Crippen MR) is 103 cm³/mol. The van der Waals surface area contributed by atoms with Crippen molar-refractivity contribution in [3.8, 4) is 0 Å². The summed E-state index contributed by atoms with van der Waals surface area (Å²) in [6.07, 6.45) is 4.14. The average Bonchev–Trinajstić information content (AvgIpc) is 3.09. The van der Waals surface area contributed by atoms with Crippen molar-refractivity contribution in [3.63, 3.8) is 0 Å². The molecule has 7 heteroatoms. The van der Waals surface area contributed by atoms with Crippen LogP contribution >= 0.6 is 11.6 Å². The monoisotopic (exact) mass is 392 g/mol. The van der Waals surface area contributed by atoms with Gasteiger partial charge in [0.1, 0.15) is 0 Å². The van der Waals surface area contributed by atoms with E-state index in [1.807, 2.05) is 6.92 Å². The number of aryl methyl sites for hydroxylation is 1. The van der Waals surface area contributed by atoms with Gasteiger partial charge in [0.2, 0.25) is 0 Å². The molecule has 1 aliphatic carbocycles. The third kappa shape index (κ3) is 4.37. The Balaban J connectivity index is 1.80. The molecular formula is C19H21ClN2O3S. The van der Waals surface area contributed by atoms with E-state index >= 15 is 0 Å². The molecule has 1 aliphatic rings. The van der Waals surface area contributed by atoms with E-state index in [0.29, 0.717) is 10.7 Å². The van der Waals surface area contributed by atoms with Gasteiger partial charge in [-0.15, -0.1) is 0 Å². The van der Waals surface area contributed by atoms with Gasteiger partial charge in [-0.25, -0.2) is 8.42 Å². The van der Waals surface area contributed by atoms with Gasteiger partial charge in [-0.2, -0.15) is 0 Å². The molecule has 0 aliphatic heterocycles. The summed E-state index contributed by atoms with van der Waals surface area (Å²) in [5.41, 5.74) is 1.54. The lowest BCUT2D eigenvalue weighted by Gasteiger charge is -2.14. The topological polar surface area (TPSA) is 75.3 Å². The fourth-order valence-electron chi connectivity index (χ4n) is 3.03. The van der Waals surface area contributed by atoms with Gasteiger partial charge >= 0.3 is 0 Å². The third-order valence-electron chi connectivity index (χ3n) is 4.48. The highest BCUT2D eigenvalue weighted by Crippen LogP contribution is 2.24. The Morgan fingerprint density at radius 1 is 1.08 bits per heavy atom. The zero-order chi connectivity index (χ0) is 18.7. The summed E-state index contributed by atoms with van der Waals surface area (Å²) >= 11 is 6.14. The minimum Gasteiger partial charge on any atom is -0.349 e. The molecule has 2 aromatic rings. The predicted octanol–water partition coefficient (Wildman–Crippen LogP) is 4.12. The van der Waals surface area contributed by atoms with Crippen molar-refractivity contribution in [1.82, 2.24) is 5.32 Å². The number of carbonyl (C=O) groups excluding carboxylic acids is 1. The molecule has 26 heavy (non-hydrogen) atoms. The molecule has 1 saturated carbocycles. The van der Waals surface area contributed by atoms with Crippen molar-refractivity contribution in [2.45, 2.75) is 43.5 Å². The van der Waals surface area contributed by atoms with E-state index in [1.165, 1.54) is 12.1 Å².